The zero-order valence-corrected chi connectivity index (χ0v) is 11.6. The average molecular weight is 277 g/mol. The van der Waals surface area contributed by atoms with Crippen LogP contribution in [-0.2, 0) is 6.42 Å². The van der Waals surface area contributed by atoms with Gasteiger partial charge in [0.15, 0.2) is 5.65 Å². The van der Waals surface area contributed by atoms with E-state index < -0.39 is 0 Å². The van der Waals surface area contributed by atoms with E-state index in [1.54, 1.807) is 6.20 Å². The molecule has 1 unspecified atom stereocenters. The predicted molar refractivity (Wildman–Crippen MR) is 80.1 cm³/mol. The van der Waals surface area contributed by atoms with E-state index in [-0.39, 0.29) is 6.10 Å². The molecule has 0 radical (unpaired) electrons. The van der Waals surface area contributed by atoms with Crippen LogP contribution in [0.5, 0.6) is 5.88 Å². The third-order valence-corrected chi connectivity index (χ3v) is 3.94. The summed E-state index contributed by atoms with van der Waals surface area (Å²) in [7, 11) is 0. The highest BCUT2D eigenvalue weighted by molar-refractivity contribution is 5.79. The summed E-state index contributed by atoms with van der Waals surface area (Å²) in [5, 5.41) is 0.864. The summed E-state index contributed by atoms with van der Waals surface area (Å²) in [5.74, 6) is 0.620. The fourth-order valence-electron chi connectivity index (χ4n) is 2.93. The first-order valence-corrected chi connectivity index (χ1v) is 7.22. The second-order valence-electron chi connectivity index (χ2n) is 5.25. The Bertz CT molecular complexity index is 782. The van der Waals surface area contributed by atoms with Crippen molar-refractivity contribution in [2.24, 2.45) is 0 Å². The normalized spacial score (nSPS) is 17.4. The molecular formula is C17H15N3O. The molecule has 1 aliphatic carbocycles. The maximum atomic E-state index is 6.20. The van der Waals surface area contributed by atoms with Gasteiger partial charge in [0.2, 0.25) is 5.88 Å². The Kier molecular flexibility index (Phi) is 2.99. The Morgan fingerprint density at radius 3 is 2.95 bits per heavy atom. The number of fused-ring (bicyclic) bond motifs is 2. The monoisotopic (exact) mass is 277 g/mol. The van der Waals surface area contributed by atoms with Gasteiger partial charge in [-0.25, -0.2) is 15.0 Å². The molecule has 1 aromatic carbocycles. The number of pyridine rings is 1. The van der Waals surface area contributed by atoms with E-state index in [2.05, 4.69) is 39.2 Å². The van der Waals surface area contributed by atoms with Crippen LogP contribution in [0.2, 0.25) is 0 Å². The first kappa shape index (κ1) is 12.3. The maximum Gasteiger partial charge on any atom is 0.226 e. The number of rotatable bonds is 2. The number of benzene rings is 1. The molecule has 4 rings (SSSR count). The van der Waals surface area contributed by atoms with Crippen LogP contribution in [0.15, 0.2) is 48.9 Å². The first-order chi connectivity index (χ1) is 10.4. The van der Waals surface area contributed by atoms with Gasteiger partial charge in [0, 0.05) is 6.20 Å². The minimum atomic E-state index is 0.0632. The zero-order valence-electron chi connectivity index (χ0n) is 11.6. The Labute approximate surface area is 122 Å². The van der Waals surface area contributed by atoms with Crippen LogP contribution >= 0.6 is 0 Å². The minimum absolute atomic E-state index is 0.0632. The molecule has 2 aromatic heterocycles. The zero-order chi connectivity index (χ0) is 14.1. The first-order valence-electron chi connectivity index (χ1n) is 7.22. The van der Waals surface area contributed by atoms with Crippen molar-refractivity contribution < 1.29 is 4.74 Å². The largest absolute Gasteiger partial charge is 0.469 e. The number of nitrogens with zero attached hydrogens (tertiary/aromatic N) is 3. The van der Waals surface area contributed by atoms with Crippen LogP contribution in [0.1, 0.15) is 30.1 Å². The molecule has 0 saturated heterocycles. The lowest BCUT2D eigenvalue weighted by Gasteiger charge is -2.26. The lowest BCUT2D eigenvalue weighted by atomic mass is 9.89. The molecule has 3 aromatic rings. The Morgan fingerprint density at radius 1 is 1.00 bits per heavy atom. The molecule has 0 spiro atoms. The fraction of sp³-hybridized carbons (Fsp3) is 0.235. The number of ether oxygens (including phenoxy) is 1. The van der Waals surface area contributed by atoms with Crippen molar-refractivity contribution in [1.82, 2.24) is 15.0 Å². The van der Waals surface area contributed by atoms with E-state index in [9.17, 15) is 0 Å². The van der Waals surface area contributed by atoms with E-state index in [1.807, 2.05) is 12.1 Å². The lowest BCUT2D eigenvalue weighted by molar-refractivity contribution is 0.178. The van der Waals surface area contributed by atoms with Crippen LogP contribution in [0.3, 0.4) is 0 Å². The number of hydrogen-bond acceptors (Lipinski definition) is 4. The van der Waals surface area contributed by atoms with Crippen molar-refractivity contribution in [3.8, 4) is 5.88 Å². The second kappa shape index (κ2) is 5.13. The van der Waals surface area contributed by atoms with Crippen molar-refractivity contribution in [2.75, 3.05) is 0 Å². The second-order valence-corrected chi connectivity index (χ2v) is 5.25. The van der Waals surface area contributed by atoms with Gasteiger partial charge in [-0.05, 0) is 42.5 Å². The molecule has 1 aliphatic rings. The third-order valence-electron chi connectivity index (χ3n) is 3.94. The Hall–Kier alpha value is -2.49. The van der Waals surface area contributed by atoms with Gasteiger partial charge in [-0.1, -0.05) is 24.3 Å². The SMILES string of the molecule is c1ccc2c(c1)CCCC2Oc1ncnc2ncccc12. The molecule has 0 aliphatic heterocycles. The minimum Gasteiger partial charge on any atom is -0.469 e. The van der Waals surface area contributed by atoms with Gasteiger partial charge in [-0.2, -0.15) is 0 Å². The van der Waals surface area contributed by atoms with Crippen molar-refractivity contribution in [3.63, 3.8) is 0 Å². The van der Waals surface area contributed by atoms with Crippen molar-refractivity contribution in [3.05, 3.63) is 60.0 Å². The lowest BCUT2D eigenvalue weighted by Crippen LogP contribution is -2.15. The molecule has 0 N–H and O–H groups in total. The summed E-state index contributed by atoms with van der Waals surface area (Å²) in [6.45, 7) is 0. The summed E-state index contributed by atoms with van der Waals surface area (Å²) in [5.41, 5.74) is 3.33. The fourth-order valence-corrected chi connectivity index (χ4v) is 2.93. The molecular weight excluding hydrogens is 262 g/mol. The third kappa shape index (κ3) is 2.23. The quantitative estimate of drug-likeness (QED) is 0.719. The van der Waals surface area contributed by atoms with Crippen molar-refractivity contribution >= 4 is 11.0 Å². The summed E-state index contributed by atoms with van der Waals surface area (Å²) < 4.78 is 6.20. The molecule has 0 bridgehead atoms. The smallest absolute Gasteiger partial charge is 0.226 e. The van der Waals surface area contributed by atoms with Gasteiger partial charge in [0.25, 0.3) is 0 Å². The van der Waals surface area contributed by atoms with E-state index in [0.29, 0.717) is 11.5 Å². The van der Waals surface area contributed by atoms with Crippen LogP contribution in [0, 0.1) is 0 Å². The Balaban J connectivity index is 1.73. The highest BCUT2D eigenvalue weighted by Crippen LogP contribution is 2.34. The number of hydrogen-bond donors (Lipinski definition) is 0. The topological polar surface area (TPSA) is 47.9 Å². The molecule has 4 heteroatoms. The molecule has 2 heterocycles. The van der Waals surface area contributed by atoms with E-state index in [4.69, 9.17) is 4.74 Å². The standard InChI is InChI=1S/C17H15N3O/c1-2-7-13-12(5-1)6-3-9-15(13)21-17-14-8-4-10-18-16(14)19-11-20-17/h1-2,4-5,7-8,10-11,15H,3,6,9H2. The van der Waals surface area contributed by atoms with Crippen molar-refractivity contribution in [1.29, 1.82) is 0 Å². The maximum absolute atomic E-state index is 6.20. The molecule has 0 saturated carbocycles. The van der Waals surface area contributed by atoms with Gasteiger partial charge >= 0.3 is 0 Å². The predicted octanol–water partition coefficient (Wildman–Crippen LogP) is 3.48. The van der Waals surface area contributed by atoms with E-state index >= 15 is 0 Å². The van der Waals surface area contributed by atoms with Gasteiger partial charge in [0.05, 0.1) is 5.39 Å². The van der Waals surface area contributed by atoms with E-state index in [0.717, 1.165) is 24.6 Å². The van der Waals surface area contributed by atoms with Crippen molar-refractivity contribution in [2.45, 2.75) is 25.4 Å². The summed E-state index contributed by atoms with van der Waals surface area (Å²) >= 11 is 0. The molecule has 0 fully saturated rings. The summed E-state index contributed by atoms with van der Waals surface area (Å²) in [4.78, 5) is 12.7. The van der Waals surface area contributed by atoms with Crippen LogP contribution in [-0.4, -0.2) is 15.0 Å². The molecule has 4 nitrogen and oxygen atoms in total. The van der Waals surface area contributed by atoms with Crippen LogP contribution < -0.4 is 4.74 Å². The summed E-state index contributed by atoms with van der Waals surface area (Å²) in [6.07, 6.45) is 6.59. The van der Waals surface area contributed by atoms with Gasteiger partial charge in [-0.3, -0.25) is 0 Å². The molecule has 21 heavy (non-hydrogen) atoms. The van der Waals surface area contributed by atoms with E-state index in [1.165, 1.54) is 17.5 Å². The van der Waals surface area contributed by atoms with Gasteiger partial charge in [-0.15, -0.1) is 0 Å². The summed E-state index contributed by atoms with van der Waals surface area (Å²) in [6, 6.07) is 12.3. The highest BCUT2D eigenvalue weighted by Gasteiger charge is 2.22. The molecule has 0 amide bonds. The van der Waals surface area contributed by atoms with Gasteiger partial charge < -0.3 is 4.74 Å². The molecule has 104 valence electrons. The molecule has 1 atom stereocenters. The Morgan fingerprint density at radius 2 is 1.95 bits per heavy atom. The van der Waals surface area contributed by atoms with Crippen LogP contribution in [0.25, 0.3) is 11.0 Å². The number of aromatic nitrogens is 3. The van der Waals surface area contributed by atoms with Gasteiger partial charge in [0.1, 0.15) is 12.4 Å². The number of aryl methyl sites for hydroxylation is 1. The highest BCUT2D eigenvalue weighted by atomic mass is 16.5. The average Bonchev–Trinajstić information content (AvgIpc) is 2.56. The van der Waals surface area contributed by atoms with Crippen LogP contribution in [0.4, 0.5) is 0 Å².